The fourth-order valence-corrected chi connectivity index (χ4v) is 3.53. The fraction of sp³-hybridized carbons (Fsp3) is 1.00. The maximum Gasteiger partial charge on any atom is 0.0469 e. The van der Waals surface area contributed by atoms with E-state index in [9.17, 15) is 0 Å². The predicted molar refractivity (Wildman–Crippen MR) is 71.1 cm³/mol. The molecule has 94 valence electrons. The molecule has 1 N–H and O–H groups in total. The van der Waals surface area contributed by atoms with Crippen molar-refractivity contribution >= 4 is 11.8 Å². The van der Waals surface area contributed by atoms with Crippen molar-refractivity contribution in [3.05, 3.63) is 0 Å². The van der Waals surface area contributed by atoms with Crippen molar-refractivity contribution < 1.29 is 4.74 Å². The van der Waals surface area contributed by atoms with Gasteiger partial charge in [0, 0.05) is 24.5 Å². The first-order chi connectivity index (χ1) is 7.88. The summed E-state index contributed by atoms with van der Waals surface area (Å²) in [6.07, 6.45) is 10.4. The fourth-order valence-electron chi connectivity index (χ4n) is 2.79. The molecule has 0 spiro atoms. The summed E-state index contributed by atoms with van der Waals surface area (Å²) in [5.74, 6) is 0.868. The van der Waals surface area contributed by atoms with Crippen molar-refractivity contribution in [3.8, 4) is 0 Å². The summed E-state index contributed by atoms with van der Waals surface area (Å²) < 4.78 is 5.39. The molecule has 16 heavy (non-hydrogen) atoms. The molecule has 1 saturated heterocycles. The van der Waals surface area contributed by atoms with Crippen LogP contribution in [-0.4, -0.2) is 37.3 Å². The summed E-state index contributed by atoms with van der Waals surface area (Å²) in [5, 5.41) is 4.70. The Kier molecular flexibility index (Phi) is 5.46. The Bertz CT molecular complexity index is 186. The van der Waals surface area contributed by atoms with E-state index >= 15 is 0 Å². The first kappa shape index (κ1) is 12.7. The van der Waals surface area contributed by atoms with Gasteiger partial charge in [-0.1, -0.05) is 0 Å². The van der Waals surface area contributed by atoms with Crippen LogP contribution in [0.2, 0.25) is 0 Å². The molecule has 1 aliphatic heterocycles. The molecular weight excluding hydrogens is 218 g/mol. The topological polar surface area (TPSA) is 21.3 Å². The quantitative estimate of drug-likeness (QED) is 0.820. The Morgan fingerprint density at radius 3 is 2.38 bits per heavy atom. The third-order valence-electron chi connectivity index (χ3n) is 4.04. The molecular formula is C13H25NOS. The molecule has 1 heterocycles. The number of ether oxygens (including phenoxy) is 1. The minimum atomic E-state index is 0.797. The predicted octanol–water partition coefficient (Wildman–Crippen LogP) is 2.68. The molecule has 0 bridgehead atoms. The zero-order valence-electron chi connectivity index (χ0n) is 10.4. The molecule has 2 aliphatic rings. The third-order valence-corrected chi connectivity index (χ3v) is 5.18. The van der Waals surface area contributed by atoms with Crippen LogP contribution in [-0.2, 0) is 4.74 Å². The normalized spacial score (nSPS) is 32.8. The maximum atomic E-state index is 5.39. The first-order valence-corrected chi connectivity index (χ1v) is 8.01. The summed E-state index contributed by atoms with van der Waals surface area (Å²) in [6.45, 7) is 3.18. The van der Waals surface area contributed by atoms with Gasteiger partial charge < -0.3 is 10.1 Å². The average Bonchev–Trinajstić information content (AvgIpc) is 2.38. The van der Waals surface area contributed by atoms with Gasteiger partial charge in [0.1, 0.15) is 0 Å². The van der Waals surface area contributed by atoms with Gasteiger partial charge >= 0.3 is 0 Å². The highest BCUT2D eigenvalue weighted by Crippen LogP contribution is 2.27. The third kappa shape index (κ3) is 3.94. The molecule has 0 unspecified atom stereocenters. The second kappa shape index (κ2) is 6.87. The van der Waals surface area contributed by atoms with E-state index in [1.165, 1.54) is 45.1 Å². The Morgan fingerprint density at radius 2 is 1.75 bits per heavy atom. The SMILES string of the molecule is CSC1CCC(NCC2CCOCC2)CC1. The molecule has 0 amide bonds. The lowest BCUT2D eigenvalue weighted by Gasteiger charge is -2.30. The average molecular weight is 243 g/mol. The molecule has 0 radical (unpaired) electrons. The van der Waals surface area contributed by atoms with Crippen LogP contribution < -0.4 is 5.32 Å². The van der Waals surface area contributed by atoms with Crippen molar-refractivity contribution in [3.63, 3.8) is 0 Å². The van der Waals surface area contributed by atoms with Crippen LogP contribution in [0.15, 0.2) is 0 Å². The lowest BCUT2D eigenvalue weighted by molar-refractivity contribution is 0.0650. The van der Waals surface area contributed by atoms with Gasteiger partial charge in [0.2, 0.25) is 0 Å². The molecule has 0 aromatic heterocycles. The maximum absolute atomic E-state index is 5.39. The Labute approximate surface area is 104 Å². The van der Waals surface area contributed by atoms with E-state index in [1.807, 2.05) is 11.8 Å². The lowest BCUT2D eigenvalue weighted by Crippen LogP contribution is -2.38. The molecule has 3 heteroatoms. The molecule has 1 aliphatic carbocycles. The van der Waals surface area contributed by atoms with E-state index in [1.54, 1.807) is 0 Å². The van der Waals surface area contributed by atoms with E-state index in [4.69, 9.17) is 4.74 Å². The van der Waals surface area contributed by atoms with Crippen LogP contribution in [0.1, 0.15) is 38.5 Å². The van der Waals surface area contributed by atoms with Gasteiger partial charge in [-0.25, -0.2) is 0 Å². The van der Waals surface area contributed by atoms with E-state index in [0.717, 1.165) is 30.4 Å². The van der Waals surface area contributed by atoms with Crippen molar-refractivity contribution in [2.45, 2.75) is 49.8 Å². The summed E-state index contributed by atoms with van der Waals surface area (Å²) in [6, 6.07) is 0.797. The van der Waals surface area contributed by atoms with Gasteiger partial charge in [-0.2, -0.15) is 11.8 Å². The van der Waals surface area contributed by atoms with Crippen molar-refractivity contribution in [2.75, 3.05) is 26.0 Å². The largest absolute Gasteiger partial charge is 0.381 e. The Balaban J connectivity index is 1.59. The van der Waals surface area contributed by atoms with Crippen LogP contribution in [0.3, 0.4) is 0 Å². The van der Waals surface area contributed by atoms with Gasteiger partial charge in [0.05, 0.1) is 0 Å². The lowest BCUT2D eigenvalue weighted by atomic mass is 9.93. The second-order valence-corrected chi connectivity index (χ2v) is 6.31. The zero-order valence-corrected chi connectivity index (χ0v) is 11.2. The van der Waals surface area contributed by atoms with Crippen molar-refractivity contribution in [2.24, 2.45) is 5.92 Å². The van der Waals surface area contributed by atoms with Crippen molar-refractivity contribution in [1.82, 2.24) is 5.32 Å². The number of nitrogens with one attached hydrogen (secondary N) is 1. The van der Waals surface area contributed by atoms with Crippen molar-refractivity contribution in [1.29, 1.82) is 0 Å². The monoisotopic (exact) mass is 243 g/mol. The standard InChI is InChI=1S/C13H25NOS/c1-16-13-4-2-12(3-5-13)14-10-11-6-8-15-9-7-11/h11-14H,2-10H2,1H3. The Hall–Kier alpha value is 0.270. The molecule has 2 fully saturated rings. The molecule has 0 aromatic carbocycles. The molecule has 1 saturated carbocycles. The van der Waals surface area contributed by atoms with Gasteiger partial charge in [-0.3, -0.25) is 0 Å². The van der Waals surface area contributed by atoms with E-state index in [0.29, 0.717) is 0 Å². The Morgan fingerprint density at radius 1 is 1.06 bits per heavy atom. The van der Waals surface area contributed by atoms with E-state index in [2.05, 4.69) is 11.6 Å². The second-order valence-electron chi connectivity index (χ2n) is 5.17. The number of hydrogen-bond acceptors (Lipinski definition) is 3. The van der Waals surface area contributed by atoms with E-state index in [-0.39, 0.29) is 0 Å². The molecule has 2 rings (SSSR count). The highest BCUT2D eigenvalue weighted by Gasteiger charge is 2.21. The van der Waals surface area contributed by atoms with Gasteiger partial charge in [-0.05, 0) is 57.2 Å². The molecule has 0 atom stereocenters. The molecule has 0 aromatic rings. The minimum absolute atomic E-state index is 0.797. The summed E-state index contributed by atoms with van der Waals surface area (Å²) in [5.41, 5.74) is 0. The highest BCUT2D eigenvalue weighted by molar-refractivity contribution is 7.99. The molecule has 2 nitrogen and oxygen atoms in total. The zero-order chi connectivity index (χ0) is 11.2. The van der Waals surface area contributed by atoms with E-state index < -0.39 is 0 Å². The summed E-state index contributed by atoms with van der Waals surface area (Å²) in [4.78, 5) is 0. The highest BCUT2D eigenvalue weighted by atomic mass is 32.2. The van der Waals surface area contributed by atoms with Crippen LogP contribution in [0.5, 0.6) is 0 Å². The number of hydrogen-bond donors (Lipinski definition) is 1. The number of thioether (sulfide) groups is 1. The smallest absolute Gasteiger partial charge is 0.0469 e. The van der Waals surface area contributed by atoms with Gasteiger partial charge in [0.25, 0.3) is 0 Å². The van der Waals surface area contributed by atoms with Gasteiger partial charge in [0.15, 0.2) is 0 Å². The van der Waals surface area contributed by atoms with Crippen LogP contribution in [0.25, 0.3) is 0 Å². The summed E-state index contributed by atoms with van der Waals surface area (Å²) in [7, 11) is 0. The van der Waals surface area contributed by atoms with Crippen LogP contribution >= 0.6 is 11.8 Å². The van der Waals surface area contributed by atoms with Crippen LogP contribution in [0, 0.1) is 5.92 Å². The van der Waals surface area contributed by atoms with Crippen LogP contribution in [0.4, 0.5) is 0 Å². The first-order valence-electron chi connectivity index (χ1n) is 6.72. The minimum Gasteiger partial charge on any atom is -0.381 e. The van der Waals surface area contributed by atoms with Gasteiger partial charge in [-0.15, -0.1) is 0 Å². The summed E-state index contributed by atoms with van der Waals surface area (Å²) >= 11 is 2.05. The number of rotatable bonds is 4.